The zero-order chi connectivity index (χ0) is 31.4. The lowest BCUT2D eigenvalue weighted by atomic mass is 9.43. The van der Waals surface area contributed by atoms with E-state index < -0.39 is 64.8 Å². The maximum atomic E-state index is 13.7. The zero-order valence-electron chi connectivity index (χ0n) is 26.3. The molecule has 1 aliphatic heterocycles. The molecule has 14 atom stereocenters. The molecule has 6 fully saturated rings. The molecule has 0 radical (unpaired) electrons. The van der Waals surface area contributed by atoms with E-state index in [0.29, 0.717) is 12.2 Å². The molecule has 0 amide bonds. The normalized spacial score (nSPS) is 49.9. The molecule has 1 spiro atoms. The minimum atomic E-state index is -1.76. The summed E-state index contributed by atoms with van der Waals surface area (Å²) < 4.78 is 37.5. The van der Waals surface area contributed by atoms with Gasteiger partial charge in [-0.1, -0.05) is 18.2 Å². The van der Waals surface area contributed by atoms with Gasteiger partial charge < -0.3 is 43.5 Å². The second kappa shape index (κ2) is 10.2. The molecule has 0 aromatic heterocycles. The van der Waals surface area contributed by atoms with E-state index in [-0.39, 0.29) is 35.8 Å². The first-order valence-corrected chi connectivity index (χ1v) is 15.7. The first-order chi connectivity index (χ1) is 21.0. The van der Waals surface area contributed by atoms with Crippen LogP contribution >= 0.6 is 0 Å². The van der Waals surface area contributed by atoms with Crippen LogP contribution in [0.25, 0.3) is 0 Å². The molecule has 2 N–H and O–H groups in total. The van der Waals surface area contributed by atoms with Crippen molar-refractivity contribution in [3.05, 3.63) is 35.9 Å². The third kappa shape index (κ3) is 3.41. The van der Waals surface area contributed by atoms with Gasteiger partial charge in [0.25, 0.3) is 0 Å². The standard InChI is InChI=1S/C33H45NO10/c1-17(35)44-33-21-19(14-31(38,28(42-6)26(33)36)27(21)43-29(37)18-10-8-7-9-11-18)32-20(40-4)12-13-30(16-39-3)15-34(2)25(32)22(33)23(41-5)24(30)32/h7-11,19-28,36,38H,12-16H2,1-6H3/t19-,20-,21-,22-,23-,24-,25-,26-,27-,28+,30-,31-,32-,33-/m1/s1. The van der Waals surface area contributed by atoms with E-state index in [4.69, 9.17) is 28.4 Å². The van der Waals surface area contributed by atoms with Crippen LogP contribution in [0.3, 0.4) is 0 Å². The number of hydrogen-bond donors (Lipinski definition) is 2. The number of fused-ring (bicyclic) bond motifs is 2. The maximum absolute atomic E-state index is 13.7. The van der Waals surface area contributed by atoms with Gasteiger partial charge in [-0.25, -0.2) is 4.79 Å². The second-order valence-electron chi connectivity index (χ2n) is 14.2. The van der Waals surface area contributed by atoms with E-state index in [2.05, 4.69) is 11.9 Å². The van der Waals surface area contributed by atoms with Crippen molar-refractivity contribution in [3.8, 4) is 0 Å². The van der Waals surface area contributed by atoms with E-state index in [1.165, 1.54) is 14.0 Å². The quantitative estimate of drug-likeness (QED) is 0.410. The van der Waals surface area contributed by atoms with Gasteiger partial charge in [0, 0.05) is 76.5 Å². The number of esters is 2. The number of carbonyl (C=O) groups is 2. The molecule has 6 aliphatic rings. The topological polar surface area (TPSA) is 133 Å². The summed E-state index contributed by atoms with van der Waals surface area (Å²) in [6.07, 6.45) is -2.66. The lowest BCUT2D eigenvalue weighted by Gasteiger charge is -2.69. The summed E-state index contributed by atoms with van der Waals surface area (Å²) in [7, 11) is 8.63. The van der Waals surface area contributed by atoms with Gasteiger partial charge in [0.1, 0.15) is 23.9 Å². The van der Waals surface area contributed by atoms with Gasteiger partial charge in [0.2, 0.25) is 0 Å². The Hall–Kier alpha value is -2.12. The number of benzene rings is 1. The van der Waals surface area contributed by atoms with Crippen LogP contribution in [0.1, 0.15) is 36.5 Å². The van der Waals surface area contributed by atoms with Crippen LogP contribution in [-0.2, 0) is 33.2 Å². The number of aliphatic hydroxyl groups is 2. The fourth-order valence-corrected chi connectivity index (χ4v) is 12.3. The fraction of sp³-hybridized carbons (Fsp3) is 0.758. The van der Waals surface area contributed by atoms with Crippen LogP contribution in [0.15, 0.2) is 30.3 Å². The van der Waals surface area contributed by atoms with Crippen LogP contribution in [0.2, 0.25) is 0 Å². The molecule has 1 aromatic carbocycles. The highest BCUT2D eigenvalue weighted by molar-refractivity contribution is 5.89. The van der Waals surface area contributed by atoms with Crippen LogP contribution in [0.4, 0.5) is 0 Å². The van der Waals surface area contributed by atoms with Gasteiger partial charge in [-0.2, -0.15) is 0 Å². The Balaban J connectivity index is 1.51. The summed E-state index contributed by atoms with van der Waals surface area (Å²) in [5.74, 6) is -2.96. The molecule has 44 heavy (non-hydrogen) atoms. The number of rotatable bonds is 8. The molecule has 11 nitrogen and oxygen atoms in total. The second-order valence-corrected chi connectivity index (χ2v) is 14.2. The van der Waals surface area contributed by atoms with Gasteiger partial charge in [-0.15, -0.1) is 0 Å². The predicted molar refractivity (Wildman–Crippen MR) is 154 cm³/mol. The van der Waals surface area contributed by atoms with Crippen molar-refractivity contribution in [1.29, 1.82) is 0 Å². The third-order valence-electron chi connectivity index (χ3n) is 12.8. The van der Waals surface area contributed by atoms with Crippen molar-refractivity contribution >= 4 is 11.9 Å². The van der Waals surface area contributed by atoms with Crippen LogP contribution in [0.5, 0.6) is 0 Å². The van der Waals surface area contributed by atoms with Crippen LogP contribution < -0.4 is 0 Å². The van der Waals surface area contributed by atoms with E-state index in [1.54, 1.807) is 45.6 Å². The summed E-state index contributed by atoms with van der Waals surface area (Å²) in [6.45, 7) is 2.56. The number of methoxy groups -OCH3 is 4. The van der Waals surface area contributed by atoms with E-state index >= 15 is 0 Å². The molecular weight excluding hydrogens is 570 g/mol. The van der Waals surface area contributed by atoms with E-state index in [0.717, 1.165) is 19.4 Å². The first kappa shape index (κ1) is 30.5. The average molecular weight is 616 g/mol. The smallest absolute Gasteiger partial charge is 0.338 e. The number of piperidine rings is 1. The van der Waals surface area contributed by atoms with Crippen molar-refractivity contribution in [3.63, 3.8) is 0 Å². The average Bonchev–Trinajstić information content (AvgIpc) is 3.39. The summed E-state index contributed by atoms with van der Waals surface area (Å²) in [4.78, 5) is 29.2. The van der Waals surface area contributed by atoms with Crippen molar-refractivity contribution < 1.29 is 48.2 Å². The van der Waals surface area contributed by atoms with Gasteiger partial charge in [-0.3, -0.25) is 4.79 Å². The van der Waals surface area contributed by atoms with Crippen molar-refractivity contribution in [2.75, 3.05) is 48.6 Å². The number of aliphatic hydroxyl groups excluding tert-OH is 1. The zero-order valence-corrected chi connectivity index (χ0v) is 26.3. The Bertz CT molecular complexity index is 1310. The Kier molecular flexibility index (Phi) is 7.07. The molecule has 0 unspecified atom stereocenters. The van der Waals surface area contributed by atoms with E-state index in [9.17, 15) is 19.8 Å². The van der Waals surface area contributed by atoms with Gasteiger partial charge >= 0.3 is 11.9 Å². The molecule has 11 heteroatoms. The molecule has 242 valence electrons. The number of ether oxygens (including phenoxy) is 6. The van der Waals surface area contributed by atoms with E-state index in [1.807, 2.05) is 6.07 Å². The monoisotopic (exact) mass is 615 g/mol. The minimum absolute atomic E-state index is 0.103. The highest BCUT2D eigenvalue weighted by Gasteiger charge is 2.91. The Morgan fingerprint density at radius 1 is 1.02 bits per heavy atom. The maximum Gasteiger partial charge on any atom is 0.338 e. The Labute approximate surface area is 258 Å². The number of hydrogen-bond acceptors (Lipinski definition) is 11. The number of carbonyl (C=O) groups excluding carboxylic acids is 2. The molecule has 7 rings (SSSR count). The first-order valence-electron chi connectivity index (χ1n) is 15.7. The number of likely N-dealkylation sites (tertiary alicyclic amines) is 1. The SMILES string of the molecule is COC[C@]12CC[C@@H](OC)[C@]34[C@@H]5C[C@@]6(O)[C@H](OC(=O)c7ccccc7)[C@@H]5[C@@](OC(C)=O)([C@H]([C@@H](OC)[C@H]13)[C@H]4N(C)C2)[C@H](O)[C@@H]6OC. The highest BCUT2D eigenvalue weighted by Crippen LogP contribution is 2.80. The molecule has 5 aliphatic carbocycles. The summed E-state index contributed by atoms with van der Waals surface area (Å²) >= 11 is 0. The van der Waals surface area contributed by atoms with Gasteiger partial charge in [0.05, 0.1) is 24.4 Å². The fourth-order valence-electron chi connectivity index (χ4n) is 12.3. The van der Waals surface area contributed by atoms with Crippen molar-refractivity contribution in [2.45, 2.75) is 73.9 Å². The third-order valence-corrected chi connectivity index (χ3v) is 12.8. The van der Waals surface area contributed by atoms with Crippen molar-refractivity contribution in [1.82, 2.24) is 4.90 Å². The summed E-state index contributed by atoms with van der Waals surface area (Å²) in [6, 6.07) is 8.39. The lowest BCUT2D eigenvalue weighted by molar-refractivity contribution is -0.316. The molecular formula is C33H45NO10. The van der Waals surface area contributed by atoms with Crippen LogP contribution in [0, 0.1) is 34.5 Å². The summed E-state index contributed by atoms with van der Waals surface area (Å²) in [5.41, 5.74) is -3.93. The van der Waals surface area contributed by atoms with Crippen LogP contribution in [-0.4, -0.2) is 123 Å². The Morgan fingerprint density at radius 3 is 2.36 bits per heavy atom. The number of nitrogens with zero attached hydrogens (tertiary/aromatic N) is 1. The lowest BCUT2D eigenvalue weighted by Crippen LogP contribution is -2.80. The van der Waals surface area contributed by atoms with Gasteiger partial charge in [0.15, 0.2) is 5.60 Å². The molecule has 7 bridgehead atoms. The molecule has 1 saturated heterocycles. The summed E-state index contributed by atoms with van der Waals surface area (Å²) in [5, 5.41) is 25.1. The minimum Gasteiger partial charge on any atom is -0.455 e. The van der Waals surface area contributed by atoms with Gasteiger partial charge in [-0.05, 0) is 44.4 Å². The molecule has 1 aromatic rings. The van der Waals surface area contributed by atoms with Crippen molar-refractivity contribution in [2.24, 2.45) is 34.5 Å². The highest BCUT2D eigenvalue weighted by atomic mass is 16.6. The predicted octanol–water partition coefficient (Wildman–Crippen LogP) is 1.29. The Morgan fingerprint density at radius 2 is 1.75 bits per heavy atom. The largest absolute Gasteiger partial charge is 0.455 e. The molecule has 1 heterocycles. The molecule has 5 saturated carbocycles.